The first-order chi connectivity index (χ1) is 8.70. The van der Waals surface area contributed by atoms with Gasteiger partial charge in [-0.3, -0.25) is 4.79 Å². The summed E-state index contributed by atoms with van der Waals surface area (Å²) in [6.45, 7) is 1.98. The van der Waals surface area contributed by atoms with Crippen molar-refractivity contribution in [1.29, 1.82) is 0 Å². The van der Waals surface area contributed by atoms with Gasteiger partial charge in [0.05, 0.1) is 7.11 Å². The van der Waals surface area contributed by atoms with Crippen LogP contribution in [0.5, 0.6) is 5.75 Å². The SMILES string of the molecule is COc1ccc(C(=O)CCC2CCCC2)cc1C. The van der Waals surface area contributed by atoms with Gasteiger partial charge < -0.3 is 4.74 Å². The fraction of sp³-hybridized carbons (Fsp3) is 0.562. The van der Waals surface area contributed by atoms with Crippen molar-refractivity contribution in [3.63, 3.8) is 0 Å². The standard InChI is InChI=1S/C16H22O2/c1-12-11-14(8-10-16(12)18-2)15(17)9-7-13-5-3-4-6-13/h8,10-11,13H,3-7,9H2,1-2H3. The number of aryl methyl sites for hydroxylation is 1. The average molecular weight is 246 g/mol. The zero-order valence-electron chi connectivity index (χ0n) is 11.4. The molecule has 0 radical (unpaired) electrons. The number of rotatable bonds is 5. The lowest BCUT2D eigenvalue weighted by Gasteiger charge is -2.09. The summed E-state index contributed by atoms with van der Waals surface area (Å²) >= 11 is 0. The Morgan fingerprint density at radius 1 is 1.33 bits per heavy atom. The molecule has 0 bridgehead atoms. The van der Waals surface area contributed by atoms with Gasteiger partial charge in [0, 0.05) is 12.0 Å². The number of methoxy groups -OCH3 is 1. The van der Waals surface area contributed by atoms with Gasteiger partial charge in [0.15, 0.2) is 5.78 Å². The molecule has 0 unspecified atom stereocenters. The molecule has 2 heteroatoms. The summed E-state index contributed by atoms with van der Waals surface area (Å²) in [7, 11) is 1.66. The van der Waals surface area contributed by atoms with Gasteiger partial charge in [-0.25, -0.2) is 0 Å². The molecule has 0 spiro atoms. The molecule has 1 aliphatic rings. The van der Waals surface area contributed by atoms with E-state index in [0.717, 1.165) is 29.2 Å². The van der Waals surface area contributed by atoms with Gasteiger partial charge in [0.25, 0.3) is 0 Å². The van der Waals surface area contributed by atoms with Crippen LogP contribution in [-0.4, -0.2) is 12.9 Å². The van der Waals surface area contributed by atoms with Crippen LogP contribution in [0.3, 0.4) is 0 Å². The Labute approximate surface area is 109 Å². The molecule has 1 aromatic carbocycles. The smallest absolute Gasteiger partial charge is 0.162 e. The molecule has 1 fully saturated rings. The van der Waals surface area contributed by atoms with Crippen molar-refractivity contribution >= 4 is 5.78 Å². The van der Waals surface area contributed by atoms with Crippen LogP contribution >= 0.6 is 0 Å². The molecular formula is C16H22O2. The Bertz CT molecular complexity index is 417. The van der Waals surface area contributed by atoms with Crippen molar-refractivity contribution in [2.45, 2.75) is 45.4 Å². The van der Waals surface area contributed by atoms with Crippen LogP contribution in [0.1, 0.15) is 54.4 Å². The molecule has 0 atom stereocenters. The van der Waals surface area contributed by atoms with E-state index in [1.165, 1.54) is 25.7 Å². The van der Waals surface area contributed by atoms with Crippen molar-refractivity contribution in [3.05, 3.63) is 29.3 Å². The third-order valence-corrected chi connectivity index (χ3v) is 3.97. The molecule has 0 N–H and O–H groups in total. The van der Waals surface area contributed by atoms with Crippen LogP contribution in [0.2, 0.25) is 0 Å². The number of hydrogen-bond donors (Lipinski definition) is 0. The van der Waals surface area contributed by atoms with Gasteiger partial charge in [-0.1, -0.05) is 25.7 Å². The minimum Gasteiger partial charge on any atom is -0.496 e. The zero-order valence-corrected chi connectivity index (χ0v) is 11.4. The monoisotopic (exact) mass is 246 g/mol. The third kappa shape index (κ3) is 3.12. The fourth-order valence-corrected chi connectivity index (χ4v) is 2.83. The predicted octanol–water partition coefficient (Wildman–Crippen LogP) is 4.16. The van der Waals surface area contributed by atoms with Gasteiger partial charge in [-0.2, -0.15) is 0 Å². The second kappa shape index (κ2) is 6.03. The molecule has 0 aliphatic heterocycles. The maximum atomic E-state index is 12.1. The lowest BCUT2D eigenvalue weighted by molar-refractivity contribution is 0.0974. The molecule has 0 aromatic heterocycles. The van der Waals surface area contributed by atoms with E-state index < -0.39 is 0 Å². The first-order valence-electron chi connectivity index (χ1n) is 6.88. The van der Waals surface area contributed by atoms with E-state index in [4.69, 9.17) is 4.74 Å². The first-order valence-corrected chi connectivity index (χ1v) is 6.88. The van der Waals surface area contributed by atoms with Gasteiger partial charge in [-0.15, -0.1) is 0 Å². The summed E-state index contributed by atoms with van der Waals surface area (Å²) in [6.07, 6.45) is 7.07. The van der Waals surface area contributed by atoms with E-state index in [1.807, 2.05) is 25.1 Å². The molecule has 1 aromatic rings. The van der Waals surface area contributed by atoms with Crippen molar-refractivity contribution in [2.24, 2.45) is 5.92 Å². The van der Waals surface area contributed by atoms with Crippen LogP contribution in [0.25, 0.3) is 0 Å². The summed E-state index contributed by atoms with van der Waals surface area (Å²) < 4.78 is 5.21. The number of Topliss-reactive ketones (excluding diaryl/α,β-unsaturated/α-hetero) is 1. The van der Waals surface area contributed by atoms with E-state index in [9.17, 15) is 4.79 Å². The topological polar surface area (TPSA) is 26.3 Å². The number of ether oxygens (including phenoxy) is 1. The number of carbonyl (C=O) groups excluding carboxylic acids is 1. The lowest BCUT2D eigenvalue weighted by Crippen LogP contribution is -2.03. The van der Waals surface area contributed by atoms with Gasteiger partial charge in [0.1, 0.15) is 5.75 Å². The molecule has 2 rings (SSSR count). The summed E-state index contributed by atoms with van der Waals surface area (Å²) in [4.78, 5) is 12.1. The number of carbonyl (C=O) groups is 1. The van der Waals surface area contributed by atoms with Crippen LogP contribution in [0, 0.1) is 12.8 Å². The van der Waals surface area contributed by atoms with Crippen LogP contribution in [0.4, 0.5) is 0 Å². The molecule has 0 heterocycles. The van der Waals surface area contributed by atoms with E-state index in [2.05, 4.69) is 0 Å². The highest BCUT2D eigenvalue weighted by Crippen LogP contribution is 2.29. The third-order valence-electron chi connectivity index (χ3n) is 3.97. The molecule has 2 nitrogen and oxygen atoms in total. The Hall–Kier alpha value is -1.31. The van der Waals surface area contributed by atoms with E-state index >= 15 is 0 Å². The van der Waals surface area contributed by atoms with Crippen LogP contribution in [-0.2, 0) is 0 Å². The quantitative estimate of drug-likeness (QED) is 0.729. The predicted molar refractivity (Wildman–Crippen MR) is 73.3 cm³/mol. The molecule has 1 saturated carbocycles. The molecule has 0 saturated heterocycles. The minimum absolute atomic E-state index is 0.271. The summed E-state index contributed by atoms with van der Waals surface area (Å²) in [5.41, 5.74) is 1.86. The number of hydrogen-bond acceptors (Lipinski definition) is 2. The highest BCUT2D eigenvalue weighted by Gasteiger charge is 2.17. The maximum Gasteiger partial charge on any atom is 0.162 e. The van der Waals surface area contributed by atoms with E-state index in [0.29, 0.717) is 6.42 Å². The highest BCUT2D eigenvalue weighted by atomic mass is 16.5. The number of benzene rings is 1. The second-order valence-corrected chi connectivity index (χ2v) is 5.30. The Kier molecular flexibility index (Phi) is 4.40. The lowest BCUT2D eigenvalue weighted by atomic mass is 9.97. The largest absolute Gasteiger partial charge is 0.496 e. The van der Waals surface area contributed by atoms with Gasteiger partial charge in [-0.05, 0) is 43.0 Å². The van der Waals surface area contributed by atoms with Gasteiger partial charge >= 0.3 is 0 Å². The average Bonchev–Trinajstić information content (AvgIpc) is 2.89. The Balaban J connectivity index is 1.93. The van der Waals surface area contributed by atoms with E-state index in [-0.39, 0.29) is 5.78 Å². The summed E-state index contributed by atoms with van der Waals surface area (Å²) in [5, 5.41) is 0. The van der Waals surface area contributed by atoms with E-state index in [1.54, 1.807) is 7.11 Å². The summed E-state index contributed by atoms with van der Waals surface area (Å²) in [6, 6.07) is 5.71. The number of ketones is 1. The molecule has 0 amide bonds. The van der Waals surface area contributed by atoms with Crippen LogP contribution in [0.15, 0.2) is 18.2 Å². The molecule has 98 valence electrons. The Morgan fingerprint density at radius 3 is 2.67 bits per heavy atom. The minimum atomic E-state index is 0.271. The van der Waals surface area contributed by atoms with Crippen molar-refractivity contribution in [3.8, 4) is 5.75 Å². The molecule has 18 heavy (non-hydrogen) atoms. The molecular weight excluding hydrogens is 224 g/mol. The maximum absolute atomic E-state index is 12.1. The molecule has 1 aliphatic carbocycles. The summed E-state index contributed by atoms with van der Waals surface area (Å²) in [5.74, 6) is 1.91. The Morgan fingerprint density at radius 2 is 2.06 bits per heavy atom. The van der Waals surface area contributed by atoms with Crippen molar-refractivity contribution in [1.82, 2.24) is 0 Å². The van der Waals surface area contributed by atoms with Crippen LogP contribution < -0.4 is 4.74 Å². The van der Waals surface area contributed by atoms with Crippen molar-refractivity contribution < 1.29 is 9.53 Å². The highest BCUT2D eigenvalue weighted by molar-refractivity contribution is 5.96. The first kappa shape index (κ1) is 13.1. The normalized spacial score (nSPS) is 15.9. The van der Waals surface area contributed by atoms with Gasteiger partial charge in [0.2, 0.25) is 0 Å². The zero-order chi connectivity index (χ0) is 13.0. The second-order valence-electron chi connectivity index (χ2n) is 5.30. The van der Waals surface area contributed by atoms with Crippen molar-refractivity contribution in [2.75, 3.05) is 7.11 Å². The fourth-order valence-electron chi connectivity index (χ4n) is 2.83.